The fourth-order valence-corrected chi connectivity index (χ4v) is 2.43. The molecule has 1 fully saturated rings. The van der Waals surface area contributed by atoms with E-state index < -0.39 is 11.9 Å². The second kappa shape index (κ2) is 4.54. The summed E-state index contributed by atoms with van der Waals surface area (Å²) in [7, 11) is 0. The minimum atomic E-state index is -0.791. The molecule has 1 aliphatic rings. The number of fused-ring (bicyclic) bond motifs is 1. The number of nitrogens with zero attached hydrogens (tertiary/aromatic N) is 4. The van der Waals surface area contributed by atoms with Gasteiger partial charge in [-0.15, -0.1) is 5.10 Å². The average Bonchev–Trinajstić information content (AvgIpc) is 3.15. The summed E-state index contributed by atoms with van der Waals surface area (Å²) in [5, 5.41) is 13.6. The number of hydrogen-bond donors (Lipinski definition) is 1. The first-order chi connectivity index (χ1) is 9.47. The van der Waals surface area contributed by atoms with Crippen molar-refractivity contribution < 1.29 is 9.90 Å². The molecule has 0 amide bonds. The lowest BCUT2D eigenvalue weighted by Crippen LogP contribution is -2.16. The van der Waals surface area contributed by atoms with Gasteiger partial charge in [0, 0.05) is 17.3 Å². The van der Waals surface area contributed by atoms with E-state index in [0.29, 0.717) is 18.1 Å². The van der Waals surface area contributed by atoms with Gasteiger partial charge in [-0.05, 0) is 38.7 Å². The number of carboxylic acid groups (broad SMARTS) is 1. The van der Waals surface area contributed by atoms with Crippen LogP contribution in [0.3, 0.4) is 0 Å². The van der Waals surface area contributed by atoms with E-state index in [1.54, 1.807) is 11.4 Å². The van der Waals surface area contributed by atoms with Gasteiger partial charge in [0.25, 0.3) is 5.78 Å². The molecule has 2 heterocycles. The molecular formula is C14H18N4O2. The first-order valence-electron chi connectivity index (χ1n) is 6.93. The van der Waals surface area contributed by atoms with Gasteiger partial charge in [-0.1, -0.05) is 6.92 Å². The predicted octanol–water partition coefficient (Wildman–Crippen LogP) is 1.88. The Hall–Kier alpha value is -1.98. The Labute approximate surface area is 116 Å². The van der Waals surface area contributed by atoms with Crippen molar-refractivity contribution in [1.29, 1.82) is 0 Å². The molecule has 2 aromatic rings. The highest BCUT2D eigenvalue weighted by molar-refractivity contribution is 5.70. The molecule has 106 valence electrons. The van der Waals surface area contributed by atoms with Gasteiger partial charge >= 0.3 is 5.97 Å². The first-order valence-corrected chi connectivity index (χ1v) is 6.93. The normalized spacial score (nSPS) is 16.6. The molecule has 0 saturated heterocycles. The number of rotatable bonds is 4. The summed E-state index contributed by atoms with van der Waals surface area (Å²) in [6.45, 7) is 5.57. The number of carboxylic acids is 1. The van der Waals surface area contributed by atoms with Crippen LogP contribution in [0.5, 0.6) is 0 Å². The van der Waals surface area contributed by atoms with E-state index in [2.05, 4.69) is 15.1 Å². The highest BCUT2D eigenvalue weighted by Gasteiger charge is 2.29. The zero-order valence-electron chi connectivity index (χ0n) is 11.9. The Morgan fingerprint density at radius 1 is 1.40 bits per heavy atom. The maximum Gasteiger partial charge on any atom is 0.306 e. The van der Waals surface area contributed by atoms with E-state index in [4.69, 9.17) is 5.11 Å². The number of hydrogen-bond acceptors (Lipinski definition) is 4. The molecule has 2 aromatic heterocycles. The van der Waals surface area contributed by atoms with Crippen LogP contribution in [-0.4, -0.2) is 30.7 Å². The summed E-state index contributed by atoms with van der Waals surface area (Å²) in [6.07, 6.45) is 2.77. The van der Waals surface area contributed by atoms with Crippen molar-refractivity contribution in [3.63, 3.8) is 0 Å². The quantitative estimate of drug-likeness (QED) is 0.920. The highest BCUT2D eigenvalue weighted by atomic mass is 16.4. The molecule has 6 heteroatoms. The van der Waals surface area contributed by atoms with Crippen molar-refractivity contribution in [3.05, 3.63) is 22.8 Å². The zero-order chi connectivity index (χ0) is 14.4. The number of aryl methyl sites for hydroxylation is 2. The van der Waals surface area contributed by atoms with Crippen molar-refractivity contribution >= 4 is 11.7 Å². The van der Waals surface area contributed by atoms with Crippen LogP contribution in [0, 0.1) is 19.8 Å². The lowest BCUT2D eigenvalue weighted by molar-refractivity contribution is -0.141. The van der Waals surface area contributed by atoms with Gasteiger partial charge in [0.1, 0.15) is 0 Å². The topological polar surface area (TPSA) is 80.4 Å². The molecule has 1 N–H and O–H groups in total. The Kier molecular flexibility index (Phi) is 2.96. The standard InChI is InChI=1S/C14H18N4O2/c1-7(13(19)20)6-11-8(2)15-14-16-12(10-4-5-10)17-18(14)9(11)3/h7,10H,4-6H2,1-3H3,(H,19,20). The number of carbonyl (C=O) groups is 1. The summed E-state index contributed by atoms with van der Waals surface area (Å²) in [6, 6.07) is 0. The SMILES string of the molecule is Cc1nc2nc(C3CC3)nn2c(C)c1CC(C)C(=O)O. The van der Waals surface area contributed by atoms with Crippen LogP contribution in [0.25, 0.3) is 5.78 Å². The molecule has 0 spiro atoms. The second-order valence-corrected chi connectivity index (χ2v) is 5.66. The molecule has 0 bridgehead atoms. The van der Waals surface area contributed by atoms with E-state index in [0.717, 1.165) is 35.6 Å². The third-order valence-corrected chi connectivity index (χ3v) is 3.94. The van der Waals surface area contributed by atoms with Crippen LogP contribution >= 0.6 is 0 Å². The van der Waals surface area contributed by atoms with Crippen molar-refractivity contribution in [3.8, 4) is 0 Å². The van der Waals surface area contributed by atoms with E-state index in [-0.39, 0.29) is 0 Å². The summed E-state index contributed by atoms with van der Waals surface area (Å²) in [5.41, 5.74) is 2.75. The summed E-state index contributed by atoms with van der Waals surface area (Å²) in [5.74, 6) is 0.745. The largest absolute Gasteiger partial charge is 0.481 e. The third-order valence-electron chi connectivity index (χ3n) is 3.94. The van der Waals surface area contributed by atoms with E-state index in [1.165, 1.54) is 0 Å². The van der Waals surface area contributed by atoms with Crippen LogP contribution in [0.1, 0.15) is 48.5 Å². The fraction of sp³-hybridized carbons (Fsp3) is 0.571. The van der Waals surface area contributed by atoms with Crippen molar-refractivity contribution in [2.24, 2.45) is 5.92 Å². The maximum atomic E-state index is 11.0. The van der Waals surface area contributed by atoms with Crippen molar-refractivity contribution in [2.75, 3.05) is 0 Å². The molecule has 1 unspecified atom stereocenters. The second-order valence-electron chi connectivity index (χ2n) is 5.66. The maximum absolute atomic E-state index is 11.0. The van der Waals surface area contributed by atoms with Gasteiger partial charge < -0.3 is 5.11 Å². The molecule has 20 heavy (non-hydrogen) atoms. The third kappa shape index (κ3) is 2.15. The monoisotopic (exact) mass is 274 g/mol. The number of aliphatic carboxylic acids is 1. The zero-order valence-corrected chi connectivity index (χ0v) is 11.9. The molecule has 0 radical (unpaired) electrons. The number of aromatic nitrogens is 4. The molecule has 3 rings (SSSR count). The minimum Gasteiger partial charge on any atom is -0.481 e. The van der Waals surface area contributed by atoms with Gasteiger partial charge in [-0.3, -0.25) is 4.79 Å². The van der Waals surface area contributed by atoms with Gasteiger partial charge in [-0.2, -0.15) is 4.98 Å². The molecule has 0 aliphatic heterocycles. The van der Waals surface area contributed by atoms with Crippen LogP contribution < -0.4 is 0 Å². The molecule has 0 aromatic carbocycles. The molecule has 1 saturated carbocycles. The van der Waals surface area contributed by atoms with Crippen LogP contribution in [-0.2, 0) is 11.2 Å². The Balaban J connectivity index is 2.05. The van der Waals surface area contributed by atoms with Gasteiger partial charge in [0.05, 0.1) is 5.92 Å². The Morgan fingerprint density at radius 3 is 2.70 bits per heavy atom. The van der Waals surface area contributed by atoms with Gasteiger partial charge in [0.2, 0.25) is 0 Å². The Bertz CT molecular complexity index is 688. The van der Waals surface area contributed by atoms with Crippen LogP contribution in [0.4, 0.5) is 0 Å². The van der Waals surface area contributed by atoms with Crippen molar-refractivity contribution in [2.45, 2.75) is 46.0 Å². The molecule has 1 aliphatic carbocycles. The van der Waals surface area contributed by atoms with Crippen molar-refractivity contribution in [1.82, 2.24) is 19.6 Å². The van der Waals surface area contributed by atoms with Gasteiger partial charge in [-0.25, -0.2) is 9.50 Å². The van der Waals surface area contributed by atoms with E-state index in [9.17, 15) is 4.79 Å². The van der Waals surface area contributed by atoms with Gasteiger partial charge in [0.15, 0.2) is 5.82 Å². The summed E-state index contributed by atoms with van der Waals surface area (Å²) in [4.78, 5) is 20.0. The molecule has 1 atom stereocenters. The average molecular weight is 274 g/mol. The molecule has 6 nitrogen and oxygen atoms in total. The highest BCUT2D eigenvalue weighted by Crippen LogP contribution is 2.38. The lowest BCUT2D eigenvalue weighted by Gasteiger charge is -2.12. The Morgan fingerprint density at radius 2 is 2.10 bits per heavy atom. The fourth-order valence-electron chi connectivity index (χ4n) is 2.43. The smallest absolute Gasteiger partial charge is 0.306 e. The molecular weight excluding hydrogens is 256 g/mol. The minimum absolute atomic E-state index is 0.432. The lowest BCUT2D eigenvalue weighted by atomic mass is 9.99. The predicted molar refractivity (Wildman–Crippen MR) is 72.7 cm³/mol. The summed E-state index contributed by atoms with van der Waals surface area (Å²) >= 11 is 0. The van der Waals surface area contributed by atoms with E-state index >= 15 is 0 Å². The van der Waals surface area contributed by atoms with Crippen LogP contribution in [0.2, 0.25) is 0 Å². The summed E-state index contributed by atoms with van der Waals surface area (Å²) < 4.78 is 1.75. The first kappa shape index (κ1) is 13.0. The van der Waals surface area contributed by atoms with E-state index in [1.807, 2.05) is 13.8 Å². The van der Waals surface area contributed by atoms with Crippen LogP contribution in [0.15, 0.2) is 0 Å².